The lowest BCUT2D eigenvalue weighted by Gasteiger charge is -2.35. The van der Waals surface area contributed by atoms with Crippen LogP contribution < -0.4 is 0 Å². The molecule has 1 saturated carbocycles. The Morgan fingerprint density at radius 3 is 2.36 bits per heavy atom. The van der Waals surface area contributed by atoms with Crippen LogP contribution in [0, 0.1) is 11.3 Å². The van der Waals surface area contributed by atoms with Gasteiger partial charge in [-0.1, -0.05) is 37.8 Å². The highest BCUT2D eigenvalue weighted by molar-refractivity contribution is 5.36. The Hall–Kier alpha value is -2.12. The summed E-state index contributed by atoms with van der Waals surface area (Å²) in [6.45, 7) is 0. The molecule has 2 aromatic rings. The van der Waals surface area contributed by atoms with Crippen LogP contribution in [-0.4, -0.2) is 20.7 Å². The second kappa shape index (κ2) is 6.33. The van der Waals surface area contributed by atoms with Crippen LogP contribution in [0.3, 0.4) is 0 Å². The van der Waals surface area contributed by atoms with E-state index in [4.69, 9.17) is 5.26 Å². The van der Waals surface area contributed by atoms with Crippen LogP contribution in [0.15, 0.2) is 36.7 Å². The van der Waals surface area contributed by atoms with Gasteiger partial charge < -0.3 is 10.1 Å². The number of aromatic amines is 1. The molecular formula is C18H21N3O. The van der Waals surface area contributed by atoms with Gasteiger partial charge in [-0.15, -0.1) is 0 Å². The zero-order chi connectivity index (χ0) is 15.4. The van der Waals surface area contributed by atoms with Gasteiger partial charge in [0, 0.05) is 12.4 Å². The molecule has 0 amide bonds. The van der Waals surface area contributed by atoms with Crippen molar-refractivity contribution in [3.63, 3.8) is 0 Å². The summed E-state index contributed by atoms with van der Waals surface area (Å²) in [5.41, 5.74) is 0.871. The third-order valence-electron chi connectivity index (χ3n) is 4.67. The number of nitrogens with one attached hydrogen (secondary N) is 1. The summed E-state index contributed by atoms with van der Waals surface area (Å²) < 4.78 is 0. The number of aliphatic hydroxyl groups is 1. The highest BCUT2D eigenvalue weighted by atomic mass is 16.3. The third-order valence-corrected chi connectivity index (χ3v) is 4.67. The fourth-order valence-electron chi connectivity index (χ4n) is 3.54. The smallest absolute Gasteiger partial charge is 0.116 e. The summed E-state index contributed by atoms with van der Waals surface area (Å²) in [4.78, 5) is 7.58. The van der Waals surface area contributed by atoms with Crippen LogP contribution in [0.5, 0.6) is 0 Å². The first-order chi connectivity index (χ1) is 10.7. The van der Waals surface area contributed by atoms with Gasteiger partial charge in [0.1, 0.15) is 5.82 Å². The van der Waals surface area contributed by atoms with Crippen molar-refractivity contribution >= 4 is 0 Å². The lowest BCUT2D eigenvalue weighted by Crippen LogP contribution is -2.37. The summed E-state index contributed by atoms with van der Waals surface area (Å²) in [6, 6.07) is 9.64. The van der Waals surface area contributed by atoms with E-state index in [0.29, 0.717) is 5.56 Å². The quantitative estimate of drug-likeness (QED) is 0.851. The van der Waals surface area contributed by atoms with Crippen molar-refractivity contribution in [2.45, 2.75) is 50.0 Å². The zero-order valence-electron chi connectivity index (χ0n) is 12.6. The molecule has 1 aromatic heterocycles. The molecule has 1 unspecified atom stereocenters. The lowest BCUT2D eigenvalue weighted by atomic mass is 9.76. The minimum absolute atomic E-state index is 0.173. The number of hydrogen-bond donors (Lipinski definition) is 2. The van der Waals surface area contributed by atoms with Gasteiger partial charge in [-0.3, -0.25) is 0 Å². The Bertz CT molecular complexity index is 632. The second-order valence-corrected chi connectivity index (χ2v) is 6.16. The van der Waals surface area contributed by atoms with Crippen LogP contribution in [0.4, 0.5) is 0 Å². The van der Waals surface area contributed by atoms with Crippen molar-refractivity contribution in [3.8, 4) is 6.07 Å². The van der Waals surface area contributed by atoms with Crippen molar-refractivity contribution in [2.75, 3.05) is 0 Å². The number of aromatic nitrogens is 2. The average molecular weight is 295 g/mol. The van der Waals surface area contributed by atoms with Crippen molar-refractivity contribution in [1.82, 2.24) is 9.97 Å². The first-order valence-electron chi connectivity index (χ1n) is 7.95. The molecule has 1 aromatic carbocycles. The van der Waals surface area contributed by atoms with Crippen molar-refractivity contribution in [2.24, 2.45) is 0 Å². The molecule has 0 saturated heterocycles. The van der Waals surface area contributed by atoms with Crippen LogP contribution >= 0.6 is 0 Å². The third kappa shape index (κ3) is 2.90. The van der Waals surface area contributed by atoms with Crippen LogP contribution in [0.1, 0.15) is 61.4 Å². The van der Waals surface area contributed by atoms with E-state index in [-0.39, 0.29) is 5.92 Å². The largest absolute Gasteiger partial charge is 0.389 e. The maximum Gasteiger partial charge on any atom is 0.116 e. The van der Waals surface area contributed by atoms with Gasteiger partial charge in [0.25, 0.3) is 0 Å². The average Bonchev–Trinajstić information content (AvgIpc) is 2.96. The normalized spacial score (nSPS) is 19.1. The van der Waals surface area contributed by atoms with E-state index in [1.807, 2.05) is 24.3 Å². The molecule has 0 radical (unpaired) electrons. The van der Waals surface area contributed by atoms with E-state index < -0.39 is 5.60 Å². The highest BCUT2D eigenvalue weighted by Crippen LogP contribution is 2.41. The molecule has 1 aliphatic carbocycles. The molecule has 0 spiro atoms. The number of nitrogens with zero attached hydrogens (tertiary/aromatic N) is 2. The van der Waals surface area contributed by atoms with E-state index >= 15 is 0 Å². The number of benzene rings is 1. The maximum absolute atomic E-state index is 11.3. The Balaban J connectivity index is 2.01. The van der Waals surface area contributed by atoms with E-state index in [2.05, 4.69) is 16.0 Å². The lowest BCUT2D eigenvalue weighted by molar-refractivity contribution is 0.00664. The van der Waals surface area contributed by atoms with Crippen molar-refractivity contribution in [3.05, 3.63) is 53.6 Å². The molecule has 114 valence electrons. The van der Waals surface area contributed by atoms with E-state index in [1.165, 1.54) is 12.8 Å². The summed E-state index contributed by atoms with van der Waals surface area (Å²) in [5.74, 6) is 0.627. The second-order valence-electron chi connectivity index (χ2n) is 6.16. The summed E-state index contributed by atoms with van der Waals surface area (Å²) >= 11 is 0. The molecule has 1 aliphatic rings. The summed E-state index contributed by atoms with van der Waals surface area (Å²) in [5, 5.41) is 20.3. The Morgan fingerprint density at radius 2 is 1.82 bits per heavy atom. The molecule has 0 bridgehead atoms. The number of rotatable bonds is 3. The fraction of sp³-hybridized carbons (Fsp3) is 0.444. The molecule has 0 aliphatic heterocycles. The molecule has 4 heteroatoms. The van der Waals surface area contributed by atoms with Gasteiger partial charge in [0.15, 0.2) is 0 Å². The number of hydrogen-bond acceptors (Lipinski definition) is 3. The fourth-order valence-corrected chi connectivity index (χ4v) is 3.54. The topological polar surface area (TPSA) is 72.7 Å². The number of H-pyrrole nitrogens is 1. The number of imidazole rings is 1. The zero-order valence-corrected chi connectivity index (χ0v) is 12.6. The van der Waals surface area contributed by atoms with Crippen LogP contribution in [-0.2, 0) is 0 Å². The Kier molecular flexibility index (Phi) is 4.26. The monoisotopic (exact) mass is 295 g/mol. The van der Waals surface area contributed by atoms with Gasteiger partial charge >= 0.3 is 0 Å². The van der Waals surface area contributed by atoms with Gasteiger partial charge in [0.05, 0.1) is 23.2 Å². The Labute approximate surface area is 130 Å². The van der Waals surface area contributed by atoms with Gasteiger partial charge in [-0.2, -0.15) is 5.26 Å². The molecule has 3 rings (SSSR count). The molecule has 1 heterocycles. The van der Waals surface area contributed by atoms with Gasteiger partial charge in [-0.05, 0) is 30.5 Å². The van der Waals surface area contributed by atoms with E-state index in [9.17, 15) is 5.11 Å². The predicted molar refractivity (Wildman–Crippen MR) is 84.2 cm³/mol. The molecule has 1 atom stereocenters. The van der Waals surface area contributed by atoms with Crippen molar-refractivity contribution in [1.29, 1.82) is 5.26 Å². The van der Waals surface area contributed by atoms with Crippen LogP contribution in [0.25, 0.3) is 0 Å². The minimum atomic E-state index is -0.775. The van der Waals surface area contributed by atoms with E-state index in [0.717, 1.165) is 37.1 Å². The molecule has 2 N–H and O–H groups in total. The minimum Gasteiger partial charge on any atom is -0.389 e. The van der Waals surface area contributed by atoms with Gasteiger partial charge in [-0.25, -0.2) is 4.98 Å². The summed E-state index contributed by atoms with van der Waals surface area (Å²) in [7, 11) is 0. The predicted octanol–water partition coefficient (Wildman–Crippen LogP) is 3.50. The maximum atomic E-state index is 11.3. The van der Waals surface area contributed by atoms with Crippen molar-refractivity contribution < 1.29 is 5.11 Å². The molecule has 22 heavy (non-hydrogen) atoms. The number of nitriles is 1. The first-order valence-corrected chi connectivity index (χ1v) is 7.95. The molecular weight excluding hydrogens is 274 g/mol. The highest BCUT2D eigenvalue weighted by Gasteiger charge is 2.40. The Morgan fingerprint density at radius 1 is 1.14 bits per heavy atom. The van der Waals surface area contributed by atoms with E-state index in [1.54, 1.807) is 12.4 Å². The molecule has 4 nitrogen and oxygen atoms in total. The summed E-state index contributed by atoms with van der Waals surface area (Å²) in [6.07, 6.45) is 9.56. The van der Waals surface area contributed by atoms with Gasteiger partial charge in [0.2, 0.25) is 0 Å². The standard InChI is InChI=1S/C18H21N3O/c19-13-14-5-7-15(8-6-14)16(17-20-11-12-21-17)18(22)9-3-1-2-4-10-18/h5-8,11-12,16,22H,1-4,9-10H2,(H,20,21). The molecule has 1 fully saturated rings. The first kappa shape index (κ1) is 14.8. The SMILES string of the molecule is N#Cc1ccc(C(c2ncc[nH]2)C2(O)CCCCCC2)cc1. The van der Waals surface area contributed by atoms with Crippen LogP contribution in [0.2, 0.25) is 0 Å².